The van der Waals surface area contributed by atoms with Crippen LogP contribution >= 0.6 is 0 Å². The van der Waals surface area contributed by atoms with Crippen molar-refractivity contribution >= 4 is 11.6 Å². The van der Waals surface area contributed by atoms with Gasteiger partial charge in [-0.2, -0.15) is 0 Å². The number of hydrogen-bond acceptors (Lipinski definition) is 4. The molecule has 1 saturated heterocycles. The molecule has 32 heavy (non-hydrogen) atoms. The molecule has 3 aromatic rings. The van der Waals surface area contributed by atoms with Crippen LogP contribution in [0.15, 0.2) is 72.0 Å². The van der Waals surface area contributed by atoms with Crippen LogP contribution in [-0.2, 0) is 13.1 Å². The van der Waals surface area contributed by atoms with Crippen LogP contribution in [0.4, 0.5) is 5.69 Å². The van der Waals surface area contributed by atoms with Crippen LogP contribution in [0.25, 0.3) is 0 Å². The standard InChI is InChI=1S/C25H32N6O/c1-3-26-25(28-19-24-27-13-14-31(24)20-21-9-5-4-6-10-21)30-17-15-29(16-18-30)22-11-7-8-12-23(22)32-2/h4-14H,3,15-20H2,1-2H3,(H,26,28). The van der Waals surface area contributed by atoms with Crippen LogP contribution in [0.2, 0.25) is 0 Å². The van der Waals surface area contributed by atoms with Gasteiger partial charge in [0.25, 0.3) is 0 Å². The fraction of sp³-hybridized carbons (Fsp3) is 0.360. The molecule has 168 valence electrons. The monoisotopic (exact) mass is 432 g/mol. The lowest BCUT2D eigenvalue weighted by molar-refractivity contribution is 0.367. The fourth-order valence-corrected chi connectivity index (χ4v) is 4.04. The van der Waals surface area contributed by atoms with Gasteiger partial charge in [-0.05, 0) is 24.6 Å². The number of aliphatic imine (C=N–C) groups is 1. The summed E-state index contributed by atoms with van der Waals surface area (Å²) in [6.45, 7) is 7.96. The van der Waals surface area contributed by atoms with E-state index >= 15 is 0 Å². The van der Waals surface area contributed by atoms with Crippen molar-refractivity contribution in [3.63, 3.8) is 0 Å². The van der Waals surface area contributed by atoms with Gasteiger partial charge in [-0.3, -0.25) is 0 Å². The summed E-state index contributed by atoms with van der Waals surface area (Å²) in [6.07, 6.45) is 3.88. The summed E-state index contributed by atoms with van der Waals surface area (Å²) in [5.41, 5.74) is 2.41. The maximum Gasteiger partial charge on any atom is 0.194 e. The van der Waals surface area contributed by atoms with E-state index in [-0.39, 0.29) is 0 Å². The minimum absolute atomic E-state index is 0.550. The molecular formula is C25H32N6O. The summed E-state index contributed by atoms with van der Waals surface area (Å²) in [6, 6.07) is 18.7. The van der Waals surface area contributed by atoms with Gasteiger partial charge in [0.1, 0.15) is 18.1 Å². The number of piperazine rings is 1. The van der Waals surface area contributed by atoms with E-state index in [1.165, 1.54) is 5.56 Å². The summed E-state index contributed by atoms with van der Waals surface area (Å²) in [5.74, 6) is 2.84. The summed E-state index contributed by atoms with van der Waals surface area (Å²) in [5, 5.41) is 3.46. The second kappa shape index (κ2) is 10.7. The number of aromatic nitrogens is 2. The Kier molecular flexibility index (Phi) is 7.27. The van der Waals surface area contributed by atoms with Crippen molar-refractivity contribution in [2.24, 2.45) is 4.99 Å². The van der Waals surface area contributed by atoms with E-state index in [1.807, 2.05) is 30.6 Å². The third-order valence-electron chi connectivity index (χ3n) is 5.71. The van der Waals surface area contributed by atoms with E-state index in [4.69, 9.17) is 9.73 Å². The van der Waals surface area contributed by atoms with Gasteiger partial charge < -0.3 is 24.4 Å². The van der Waals surface area contributed by atoms with Crippen molar-refractivity contribution in [2.75, 3.05) is 44.7 Å². The number of anilines is 1. The quantitative estimate of drug-likeness (QED) is 0.459. The number of methoxy groups -OCH3 is 1. The summed E-state index contributed by atoms with van der Waals surface area (Å²) >= 11 is 0. The van der Waals surface area contributed by atoms with Gasteiger partial charge in [0.15, 0.2) is 5.96 Å². The van der Waals surface area contributed by atoms with Gasteiger partial charge in [0.2, 0.25) is 0 Å². The van der Waals surface area contributed by atoms with Crippen LogP contribution in [0, 0.1) is 0 Å². The van der Waals surface area contributed by atoms with E-state index in [2.05, 4.69) is 68.0 Å². The highest BCUT2D eigenvalue weighted by atomic mass is 16.5. The lowest BCUT2D eigenvalue weighted by Gasteiger charge is -2.38. The molecule has 0 bridgehead atoms. The fourth-order valence-electron chi connectivity index (χ4n) is 4.04. The second-order valence-corrected chi connectivity index (χ2v) is 7.77. The average Bonchev–Trinajstić information content (AvgIpc) is 3.29. The van der Waals surface area contributed by atoms with E-state index in [9.17, 15) is 0 Å². The number of benzene rings is 2. The Morgan fingerprint density at radius 2 is 1.78 bits per heavy atom. The highest BCUT2D eigenvalue weighted by Gasteiger charge is 2.21. The Balaban J connectivity index is 1.41. The highest BCUT2D eigenvalue weighted by Crippen LogP contribution is 2.28. The maximum atomic E-state index is 5.54. The largest absolute Gasteiger partial charge is 0.495 e. The van der Waals surface area contributed by atoms with E-state index < -0.39 is 0 Å². The molecular weight excluding hydrogens is 400 g/mol. The number of guanidine groups is 1. The normalized spacial score (nSPS) is 14.5. The predicted octanol–water partition coefficient (Wildman–Crippen LogP) is 3.23. The minimum Gasteiger partial charge on any atom is -0.495 e. The van der Waals surface area contributed by atoms with Crippen molar-refractivity contribution in [1.29, 1.82) is 0 Å². The predicted molar refractivity (Wildman–Crippen MR) is 129 cm³/mol. The van der Waals surface area contributed by atoms with Crippen molar-refractivity contribution < 1.29 is 4.74 Å². The first kappa shape index (κ1) is 21.7. The molecule has 0 spiro atoms. The number of para-hydroxylation sites is 2. The van der Waals surface area contributed by atoms with Gasteiger partial charge in [0.05, 0.1) is 12.8 Å². The third kappa shape index (κ3) is 5.22. The summed E-state index contributed by atoms with van der Waals surface area (Å²) < 4.78 is 7.71. The molecule has 0 unspecified atom stereocenters. The number of ether oxygens (including phenoxy) is 1. The molecule has 1 N–H and O–H groups in total. The van der Waals surface area contributed by atoms with Gasteiger partial charge in [0, 0.05) is 51.7 Å². The Morgan fingerprint density at radius 1 is 1.03 bits per heavy atom. The second-order valence-electron chi connectivity index (χ2n) is 7.77. The molecule has 0 saturated carbocycles. The topological polar surface area (TPSA) is 57.9 Å². The zero-order valence-corrected chi connectivity index (χ0v) is 18.9. The zero-order chi connectivity index (χ0) is 22.2. The Bertz CT molecular complexity index is 1010. The molecule has 7 nitrogen and oxygen atoms in total. The molecule has 2 heterocycles. The van der Waals surface area contributed by atoms with Crippen molar-refractivity contribution in [2.45, 2.75) is 20.0 Å². The van der Waals surface area contributed by atoms with E-state index in [0.717, 1.165) is 62.5 Å². The third-order valence-corrected chi connectivity index (χ3v) is 5.71. The first-order valence-corrected chi connectivity index (χ1v) is 11.2. The summed E-state index contributed by atoms with van der Waals surface area (Å²) in [7, 11) is 1.73. The minimum atomic E-state index is 0.550. The van der Waals surface area contributed by atoms with Crippen LogP contribution in [0.3, 0.4) is 0 Å². The van der Waals surface area contributed by atoms with Crippen molar-refractivity contribution in [3.05, 3.63) is 78.4 Å². The Morgan fingerprint density at radius 3 is 2.53 bits per heavy atom. The molecule has 0 atom stereocenters. The first-order chi connectivity index (χ1) is 15.8. The first-order valence-electron chi connectivity index (χ1n) is 11.2. The Labute approximate surface area is 190 Å². The molecule has 7 heteroatoms. The number of hydrogen-bond donors (Lipinski definition) is 1. The van der Waals surface area contributed by atoms with Crippen LogP contribution in [0.1, 0.15) is 18.3 Å². The van der Waals surface area contributed by atoms with E-state index in [0.29, 0.717) is 6.54 Å². The number of nitrogens with one attached hydrogen (secondary N) is 1. The molecule has 1 aliphatic rings. The highest BCUT2D eigenvalue weighted by molar-refractivity contribution is 5.80. The smallest absolute Gasteiger partial charge is 0.194 e. The number of nitrogens with zero attached hydrogens (tertiary/aromatic N) is 5. The zero-order valence-electron chi connectivity index (χ0n) is 18.9. The molecule has 1 fully saturated rings. The van der Waals surface area contributed by atoms with Crippen molar-refractivity contribution in [1.82, 2.24) is 19.8 Å². The number of rotatable bonds is 7. The van der Waals surface area contributed by atoms with Gasteiger partial charge in [-0.15, -0.1) is 0 Å². The molecule has 4 rings (SSSR count). The van der Waals surface area contributed by atoms with Gasteiger partial charge in [-0.1, -0.05) is 42.5 Å². The van der Waals surface area contributed by atoms with Gasteiger partial charge in [-0.25, -0.2) is 9.98 Å². The SMILES string of the molecule is CCNC(=NCc1nccn1Cc1ccccc1)N1CCN(c2ccccc2OC)CC1. The van der Waals surface area contributed by atoms with Crippen LogP contribution < -0.4 is 15.0 Å². The molecule has 0 amide bonds. The Hall–Kier alpha value is -3.48. The lowest BCUT2D eigenvalue weighted by atomic mass is 10.2. The summed E-state index contributed by atoms with van der Waals surface area (Å²) in [4.78, 5) is 14.2. The average molecular weight is 433 g/mol. The van der Waals surface area contributed by atoms with Crippen molar-refractivity contribution in [3.8, 4) is 5.75 Å². The molecule has 2 aromatic carbocycles. The molecule has 0 aliphatic carbocycles. The van der Waals surface area contributed by atoms with Gasteiger partial charge >= 0.3 is 0 Å². The van der Waals surface area contributed by atoms with Crippen LogP contribution in [0.5, 0.6) is 5.75 Å². The maximum absolute atomic E-state index is 5.54. The molecule has 1 aromatic heterocycles. The molecule has 1 aliphatic heterocycles. The molecule has 0 radical (unpaired) electrons. The lowest BCUT2D eigenvalue weighted by Crippen LogP contribution is -2.52. The van der Waals surface area contributed by atoms with Crippen LogP contribution in [-0.4, -0.2) is 60.2 Å². The van der Waals surface area contributed by atoms with E-state index in [1.54, 1.807) is 7.11 Å². The number of imidazole rings is 1.